The van der Waals surface area contributed by atoms with Crippen LogP contribution in [0.15, 0.2) is 42.5 Å². The van der Waals surface area contributed by atoms with Gasteiger partial charge in [0.15, 0.2) is 6.10 Å². The second-order valence-electron chi connectivity index (χ2n) is 8.74. The Hall–Kier alpha value is -2.33. The summed E-state index contributed by atoms with van der Waals surface area (Å²) in [5.41, 5.74) is 2.02. The third kappa shape index (κ3) is 9.00. The molecule has 0 aliphatic heterocycles. The number of esters is 2. The van der Waals surface area contributed by atoms with E-state index in [9.17, 15) is 9.59 Å². The molecule has 0 unspecified atom stereocenters. The summed E-state index contributed by atoms with van der Waals surface area (Å²) in [6, 6.07) is 14.0. The maximum absolute atomic E-state index is 11.2. The van der Waals surface area contributed by atoms with Crippen LogP contribution < -0.4 is 9.47 Å². The van der Waals surface area contributed by atoms with Crippen molar-refractivity contribution in [2.24, 2.45) is 0 Å². The standard InChI is InChI=1S/C27H35IO7/c1-7-22(34-18(2)29)16-33-26-13-10-21(14-25(26)28)27(4,5)20-8-11-23(12-9-20)32-17-24(15-31-6)35-19(3)30/h8-14,22,24H,7,15-17H2,1-6H3/t22-,24+/m0/s1. The minimum atomic E-state index is -0.460. The number of carbonyl (C=O) groups is 2. The molecule has 7 nitrogen and oxygen atoms in total. The Morgan fingerprint density at radius 3 is 1.97 bits per heavy atom. The lowest BCUT2D eigenvalue weighted by Crippen LogP contribution is -2.28. The van der Waals surface area contributed by atoms with E-state index in [1.54, 1.807) is 7.11 Å². The topological polar surface area (TPSA) is 80.3 Å². The summed E-state index contributed by atoms with van der Waals surface area (Å²) in [7, 11) is 1.55. The van der Waals surface area contributed by atoms with E-state index in [4.69, 9.17) is 23.7 Å². The highest BCUT2D eigenvalue weighted by molar-refractivity contribution is 14.1. The molecule has 0 aliphatic carbocycles. The van der Waals surface area contributed by atoms with E-state index in [1.807, 2.05) is 37.3 Å². The van der Waals surface area contributed by atoms with Crippen LogP contribution in [0.25, 0.3) is 0 Å². The molecule has 8 heteroatoms. The van der Waals surface area contributed by atoms with Crippen LogP contribution >= 0.6 is 22.6 Å². The first-order valence-electron chi connectivity index (χ1n) is 11.6. The third-order valence-electron chi connectivity index (χ3n) is 5.56. The summed E-state index contributed by atoms with van der Waals surface area (Å²) >= 11 is 2.27. The van der Waals surface area contributed by atoms with E-state index in [1.165, 1.54) is 13.8 Å². The molecule has 0 aliphatic rings. The lowest BCUT2D eigenvalue weighted by atomic mass is 9.78. The molecule has 0 N–H and O–H groups in total. The lowest BCUT2D eigenvalue weighted by molar-refractivity contribution is -0.150. The van der Waals surface area contributed by atoms with E-state index >= 15 is 0 Å². The van der Waals surface area contributed by atoms with Crippen molar-refractivity contribution < 1.29 is 33.3 Å². The van der Waals surface area contributed by atoms with Gasteiger partial charge in [0.2, 0.25) is 0 Å². The molecule has 0 aromatic heterocycles. The quantitative estimate of drug-likeness (QED) is 0.229. The SMILES string of the molecule is CC[C@@H](COc1ccc(C(C)(C)c2ccc(OC[C@@H](COC)OC(C)=O)cc2)cc1I)OC(C)=O. The van der Waals surface area contributed by atoms with Crippen LogP contribution in [-0.4, -0.2) is 51.1 Å². The number of hydrogen-bond acceptors (Lipinski definition) is 7. The van der Waals surface area contributed by atoms with Gasteiger partial charge in [0.25, 0.3) is 0 Å². The molecule has 0 spiro atoms. The Morgan fingerprint density at radius 2 is 1.43 bits per heavy atom. The van der Waals surface area contributed by atoms with Gasteiger partial charge in [-0.3, -0.25) is 9.59 Å². The maximum Gasteiger partial charge on any atom is 0.303 e. The van der Waals surface area contributed by atoms with Crippen molar-refractivity contribution in [2.75, 3.05) is 26.9 Å². The number of halogens is 1. The summed E-state index contributed by atoms with van der Waals surface area (Å²) in [5, 5.41) is 0. The Kier molecular flexibility index (Phi) is 11.3. The molecule has 35 heavy (non-hydrogen) atoms. The number of carbonyl (C=O) groups excluding carboxylic acids is 2. The summed E-state index contributed by atoms with van der Waals surface area (Å²) in [6.45, 7) is 9.86. The third-order valence-corrected chi connectivity index (χ3v) is 6.41. The van der Waals surface area contributed by atoms with Crippen molar-refractivity contribution in [3.8, 4) is 11.5 Å². The van der Waals surface area contributed by atoms with Crippen LogP contribution in [0, 0.1) is 3.57 Å². The molecule has 0 amide bonds. The zero-order valence-corrected chi connectivity index (χ0v) is 23.4. The molecule has 0 fully saturated rings. The first-order chi connectivity index (χ1) is 16.6. The number of hydrogen-bond donors (Lipinski definition) is 0. The predicted molar refractivity (Wildman–Crippen MR) is 142 cm³/mol. The highest BCUT2D eigenvalue weighted by atomic mass is 127. The van der Waals surface area contributed by atoms with Crippen molar-refractivity contribution in [3.05, 3.63) is 57.2 Å². The molecule has 0 heterocycles. The largest absolute Gasteiger partial charge is 0.490 e. The molecule has 0 saturated heterocycles. The summed E-state index contributed by atoms with van der Waals surface area (Å²) in [5.74, 6) is 0.781. The van der Waals surface area contributed by atoms with Gasteiger partial charge in [-0.25, -0.2) is 0 Å². The van der Waals surface area contributed by atoms with Crippen LogP contribution in [0.2, 0.25) is 0 Å². The average molecular weight is 598 g/mol. The van der Waals surface area contributed by atoms with Crippen LogP contribution in [-0.2, 0) is 29.2 Å². The molecule has 192 valence electrons. The van der Waals surface area contributed by atoms with E-state index in [2.05, 4.69) is 48.6 Å². The second-order valence-corrected chi connectivity index (χ2v) is 9.91. The average Bonchev–Trinajstić information content (AvgIpc) is 2.80. The normalized spacial score (nSPS) is 13.0. The second kappa shape index (κ2) is 13.7. The van der Waals surface area contributed by atoms with Gasteiger partial charge in [0, 0.05) is 26.4 Å². The molecule has 0 bridgehead atoms. The van der Waals surface area contributed by atoms with Gasteiger partial charge in [-0.15, -0.1) is 0 Å². The summed E-state index contributed by atoms with van der Waals surface area (Å²) in [4.78, 5) is 22.5. The Balaban J connectivity index is 2.06. The van der Waals surface area contributed by atoms with Crippen molar-refractivity contribution in [1.29, 1.82) is 0 Å². The van der Waals surface area contributed by atoms with E-state index < -0.39 is 6.10 Å². The highest BCUT2D eigenvalue weighted by Crippen LogP contribution is 2.35. The monoisotopic (exact) mass is 598 g/mol. The highest BCUT2D eigenvalue weighted by Gasteiger charge is 2.24. The molecular weight excluding hydrogens is 563 g/mol. The van der Waals surface area contributed by atoms with E-state index in [0.717, 1.165) is 20.4 Å². The van der Waals surface area contributed by atoms with Gasteiger partial charge in [-0.1, -0.05) is 39.0 Å². The molecule has 2 rings (SSSR count). The van der Waals surface area contributed by atoms with Crippen molar-refractivity contribution in [1.82, 2.24) is 0 Å². The molecule has 0 saturated carbocycles. The van der Waals surface area contributed by atoms with Gasteiger partial charge >= 0.3 is 11.9 Å². The van der Waals surface area contributed by atoms with Gasteiger partial charge in [-0.2, -0.15) is 0 Å². The zero-order chi connectivity index (χ0) is 26.0. The molecule has 0 radical (unpaired) electrons. The van der Waals surface area contributed by atoms with Crippen molar-refractivity contribution >= 4 is 34.5 Å². The first kappa shape index (κ1) is 28.9. The number of benzene rings is 2. The minimum absolute atomic E-state index is 0.214. The van der Waals surface area contributed by atoms with Gasteiger partial charge < -0.3 is 23.7 Å². The molecular formula is C27H35IO7. The maximum atomic E-state index is 11.2. The number of rotatable bonds is 13. The molecule has 2 aromatic carbocycles. The fourth-order valence-corrected chi connectivity index (χ4v) is 4.19. The Morgan fingerprint density at radius 1 is 0.857 bits per heavy atom. The number of ether oxygens (including phenoxy) is 5. The van der Waals surface area contributed by atoms with Crippen molar-refractivity contribution in [3.63, 3.8) is 0 Å². The van der Waals surface area contributed by atoms with E-state index in [-0.39, 0.29) is 36.7 Å². The van der Waals surface area contributed by atoms with Gasteiger partial charge in [-0.05, 0) is 64.4 Å². The Labute approximate surface area is 221 Å². The lowest BCUT2D eigenvalue weighted by Gasteiger charge is -2.27. The van der Waals surface area contributed by atoms with E-state index in [0.29, 0.717) is 18.8 Å². The Bertz CT molecular complexity index is 972. The van der Waals surface area contributed by atoms with Crippen LogP contribution in [0.5, 0.6) is 11.5 Å². The first-order valence-corrected chi connectivity index (χ1v) is 12.6. The number of methoxy groups -OCH3 is 1. The van der Waals surface area contributed by atoms with Crippen LogP contribution in [0.4, 0.5) is 0 Å². The van der Waals surface area contributed by atoms with Crippen LogP contribution in [0.3, 0.4) is 0 Å². The minimum Gasteiger partial charge on any atom is -0.490 e. The summed E-state index contributed by atoms with van der Waals surface area (Å²) < 4.78 is 28.3. The van der Waals surface area contributed by atoms with Gasteiger partial charge in [0.1, 0.15) is 30.8 Å². The smallest absolute Gasteiger partial charge is 0.303 e. The van der Waals surface area contributed by atoms with Gasteiger partial charge in [0.05, 0.1) is 10.2 Å². The summed E-state index contributed by atoms with van der Waals surface area (Å²) in [6.07, 6.45) is -0.0328. The predicted octanol–water partition coefficient (Wildman–Crippen LogP) is 5.29. The van der Waals surface area contributed by atoms with Crippen LogP contribution in [0.1, 0.15) is 52.2 Å². The zero-order valence-electron chi connectivity index (χ0n) is 21.3. The fraction of sp³-hybridized carbons (Fsp3) is 0.481. The van der Waals surface area contributed by atoms with Crippen molar-refractivity contribution in [2.45, 2.75) is 58.7 Å². The molecule has 2 aromatic rings. The fourth-order valence-electron chi connectivity index (χ4n) is 3.52. The molecule has 2 atom stereocenters.